The molecule has 0 saturated carbocycles. The molecule has 0 radical (unpaired) electrons. The van der Waals surface area contributed by atoms with Crippen molar-refractivity contribution in [1.82, 2.24) is 9.88 Å². The Bertz CT molecular complexity index is 1340. The molecule has 2 heterocycles. The molecule has 1 N–H and O–H groups in total. The van der Waals surface area contributed by atoms with E-state index >= 15 is 0 Å². The van der Waals surface area contributed by atoms with Crippen LogP contribution in [-0.4, -0.2) is 40.6 Å². The van der Waals surface area contributed by atoms with Gasteiger partial charge in [0.2, 0.25) is 5.91 Å². The van der Waals surface area contributed by atoms with Gasteiger partial charge >= 0.3 is 0 Å². The first-order valence-electron chi connectivity index (χ1n) is 11.2. The third-order valence-electron chi connectivity index (χ3n) is 5.46. The molecule has 0 unspecified atom stereocenters. The zero-order chi connectivity index (χ0) is 25.7. The second-order valence-electron chi connectivity index (χ2n) is 8.19. The molecule has 3 aromatic rings. The van der Waals surface area contributed by atoms with Gasteiger partial charge in [-0.3, -0.25) is 24.3 Å². The Hall–Kier alpha value is -4.11. The molecule has 2 aromatic carbocycles. The van der Waals surface area contributed by atoms with Gasteiger partial charge in [0.25, 0.3) is 11.1 Å². The highest BCUT2D eigenvalue weighted by Gasteiger charge is 2.36. The Morgan fingerprint density at radius 1 is 1.06 bits per heavy atom. The van der Waals surface area contributed by atoms with Crippen molar-refractivity contribution in [3.63, 3.8) is 0 Å². The molecule has 9 heteroatoms. The Morgan fingerprint density at radius 2 is 1.83 bits per heavy atom. The molecule has 3 amide bonds. The van der Waals surface area contributed by atoms with Crippen molar-refractivity contribution in [3.8, 4) is 11.5 Å². The lowest BCUT2D eigenvalue weighted by atomic mass is 10.1. The average Bonchev–Trinajstić information content (AvgIpc) is 3.12. The second kappa shape index (κ2) is 11.1. The van der Waals surface area contributed by atoms with Gasteiger partial charge in [0.1, 0.15) is 13.2 Å². The molecular weight excluding hydrogens is 478 g/mol. The van der Waals surface area contributed by atoms with Gasteiger partial charge in [-0.15, -0.1) is 0 Å². The fraction of sp³-hybridized carbons (Fsp3) is 0.185. The summed E-state index contributed by atoms with van der Waals surface area (Å²) >= 11 is 0.796. The number of amides is 3. The number of rotatable bonds is 8. The zero-order valence-electron chi connectivity index (χ0n) is 20.1. The minimum Gasteiger partial charge on any atom is -0.493 e. The number of methoxy groups -OCH3 is 1. The Labute approximate surface area is 213 Å². The molecule has 8 nitrogen and oxygen atoms in total. The summed E-state index contributed by atoms with van der Waals surface area (Å²) in [7, 11) is 1.53. The van der Waals surface area contributed by atoms with Crippen LogP contribution < -0.4 is 14.8 Å². The summed E-state index contributed by atoms with van der Waals surface area (Å²) in [6, 6.07) is 14.6. The smallest absolute Gasteiger partial charge is 0.294 e. The van der Waals surface area contributed by atoms with Crippen LogP contribution in [0.5, 0.6) is 11.5 Å². The third-order valence-corrected chi connectivity index (χ3v) is 6.37. The number of aryl methyl sites for hydroxylation is 2. The molecule has 0 bridgehead atoms. The third kappa shape index (κ3) is 5.92. The van der Waals surface area contributed by atoms with Gasteiger partial charge in [-0.2, -0.15) is 0 Å². The summed E-state index contributed by atoms with van der Waals surface area (Å²) < 4.78 is 11.3. The number of nitrogens with zero attached hydrogens (tertiary/aromatic N) is 2. The number of nitrogens with one attached hydrogen (secondary N) is 1. The molecule has 184 valence electrons. The largest absolute Gasteiger partial charge is 0.493 e. The lowest BCUT2D eigenvalue weighted by Crippen LogP contribution is -2.36. The van der Waals surface area contributed by atoms with Gasteiger partial charge in [0.05, 0.1) is 12.0 Å². The first kappa shape index (κ1) is 25.0. The first-order valence-corrected chi connectivity index (χ1v) is 12.0. The fourth-order valence-electron chi connectivity index (χ4n) is 3.61. The second-order valence-corrected chi connectivity index (χ2v) is 9.18. The van der Waals surface area contributed by atoms with Crippen LogP contribution in [0.2, 0.25) is 0 Å². The van der Waals surface area contributed by atoms with Crippen molar-refractivity contribution in [2.45, 2.75) is 20.5 Å². The van der Waals surface area contributed by atoms with Crippen LogP contribution in [0, 0.1) is 13.8 Å². The number of anilines is 1. The highest BCUT2D eigenvalue weighted by molar-refractivity contribution is 8.18. The number of carbonyl (C=O) groups is 3. The molecule has 0 spiro atoms. The predicted molar refractivity (Wildman–Crippen MR) is 139 cm³/mol. The van der Waals surface area contributed by atoms with Crippen molar-refractivity contribution in [3.05, 3.63) is 88.1 Å². The van der Waals surface area contributed by atoms with E-state index < -0.39 is 17.1 Å². The Morgan fingerprint density at radius 3 is 2.56 bits per heavy atom. The summed E-state index contributed by atoms with van der Waals surface area (Å²) in [5.41, 5.74) is 4.25. The van der Waals surface area contributed by atoms with Crippen molar-refractivity contribution < 1.29 is 23.9 Å². The van der Waals surface area contributed by atoms with E-state index in [9.17, 15) is 14.4 Å². The minimum atomic E-state index is -0.516. The predicted octanol–water partition coefficient (Wildman–Crippen LogP) is 4.96. The van der Waals surface area contributed by atoms with Gasteiger partial charge in [-0.05, 0) is 78.7 Å². The van der Waals surface area contributed by atoms with E-state index in [1.807, 2.05) is 38.1 Å². The number of hydrogen-bond donors (Lipinski definition) is 1. The van der Waals surface area contributed by atoms with E-state index in [1.54, 1.807) is 42.7 Å². The molecule has 1 saturated heterocycles. The molecule has 1 fully saturated rings. The number of carbonyl (C=O) groups excluding carboxylic acids is 3. The van der Waals surface area contributed by atoms with Crippen LogP contribution in [0.1, 0.15) is 22.3 Å². The van der Waals surface area contributed by atoms with E-state index in [0.29, 0.717) is 29.4 Å². The van der Waals surface area contributed by atoms with Crippen molar-refractivity contribution in [2.24, 2.45) is 0 Å². The normalized spacial score (nSPS) is 14.3. The fourth-order valence-corrected chi connectivity index (χ4v) is 4.45. The number of hydrogen-bond acceptors (Lipinski definition) is 7. The molecule has 36 heavy (non-hydrogen) atoms. The maximum absolute atomic E-state index is 12.9. The van der Waals surface area contributed by atoms with Gasteiger partial charge in [-0.25, -0.2) is 0 Å². The van der Waals surface area contributed by atoms with Crippen LogP contribution in [0.4, 0.5) is 10.5 Å². The lowest BCUT2D eigenvalue weighted by Gasteiger charge is -2.14. The van der Waals surface area contributed by atoms with Crippen molar-refractivity contribution in [2.75, 3.05) is 19.0 Å². The molecule has 1 aliphatic rings. The number of thioether (sulfide) groups is 1. The van der Waals surface area contributed by atoms with E-state index in [-0.39, 0.29) is 11.4 Å². The van der Waals surface area contributed by atoms with Crippen molar-refractivity contribution >= 4 is 40.6 Å². The highest BCUT2D eigenvalue weighted by Crippen LogP contribution is 2.34. The van der Waals surface area contributed by atoms with Crippen LogP contribution in [0.15, 0.2) is 65.8 Å². The quantitative estimate of drug-likeness (QED) is 0.434. The van der Waals surface area contributed by atoms with Crippen LogP contribution in [0.3, 0.4) is 0 Å². The van der Waals surface area contributed by atoms with Gasteiger partial charge in [0, 0.05) is 18.1 Å². The maximum atomic E-state index is 12.9. The number of pyridine rings is 1. The number of aromatic nitrogens is 1. The summed E-state index contributed by atoms with van der Waals surface area (Å²) in [5, 5.41) is 2.27. The van der Waals surface area contributed by atoms with E-state index in [1.165, 1.54) is 7.11 Å². The van der Waals surface area contributed by atoms with Gasteiger partial charge in [-0.1, -0.05) is 23.8 Å². The number of imide groups is 1. The SMILES string of the molecule is COc1cc(/C=C2/SC(=O)N(CC(=O)Nc3ccc(C)cc3C)C2=O)ccc1OCc1ccncc1. The molecule has 0 aliphatic carbocycles. The topological polar surface area (TPSA) is 97.8 Å². The number of benzene rings is 2. The minimum absolute atomic E-state index is 0.229. The van der Waals surface area contributed by atoms with Gasteiger partial charge in [0.15, 0.2) is 11.5 Å². The Kier molecular flexibility index (Phi) is 7.70. The van der Waals surface area contributed by atoms with E-state index in [0.717, 1.165) is 33.4 Å². The maximum Gasteiger partial charge on any atom is 0.294 e. The standard InChI is InChI=1S/C27H25N3O5S/c1-17-4-6-21(18(2)12-17)29-25(31)15-30-26(32)24(36-27(30)33)14-20-5-7-22(23(13-20)34-3)35-16-19-8-10-28-11-9-19/h4-14H,15-16H2,1-3H3,(H,29,31)/b24-14+. The van der Waals surface area contributed by atoms with Crippen LogP contribution in [-0.2, 0) is 16.2 Å². The molecule has 4 rings (SSSR count). The highest BCUT2D eigenvalue weighted by atomic mass is 32.2. The van der Waals surface area contributed by atoms with Crippen LogP contribution in [0.25, 0.3) is 6.08 Å². The summed E-state index contributed by atoms with van der Waals surface area (Å²) in [6.07, 6.45) is 4.99. The molecule has 0 atom stereocenters. The van der Waals surface area contributed by atoms with Crippen LogP contribution >= 0.6 is 11.8 Å². The lowest BCUT2D eigenvalue weighted by molar-refractivity contribution is -0.127. The molecular formula is C27H25N3O5S. The molecule has 1 aromatic heterocycles. The van der Waals surface area contributed by atoms with E-state index in [2.05, 4.69) is 10.3 Å². The summed E-state index contributed by atoms with van der Waals surface area (Å²) in [4.78, 5) is 43.0. The Balaban J connectivity index is 1.43. The van der Waals surface area contributed by atoms with E-state index in [4.69, 9.17) is 9.47 Å². The number of ether oxygens (including phenoxy) is 2. The summed E-state index contributed by atoms with van der Waals surface area (Å²) in [6.45, 7) is 3.83. The first-order chi connectivity index (χ1) is 17.3. The van der Waals surface area contributed by atoms with Crippen molar-refractivity contribution in [1.29, 1.82) is 0 Å². The summed E-state index contributed by atoms with van der Waals surface area (Å²) in [5.74, 6) is 0.0770. The average molecular weight is 504 g/mol. The molecule has 1 aliphatic heterocycles. The monoisotopic (exact) mass is 503 g/mol. The zero-order valence-corrected chi connectivity index (χ0v) is 20.9. The van der Waals surface area contributed by atoms with Gasteiger partial charge < -0.3 is 14.8 Å².